The van der Waals surface area contributed by atoms with E-state index in [1.54, 1.807) is 67.8 Å². The van der Waals surface area contributed by atoms with Crippen LogP contribution in [0.3, 0.4) is 0 Å². The van der Waals surface area contributed by atoms with Gasteiger partial charge in [0, 0.05) is 11.9 Å². The normalized spacial score (nSPS) is 10.6. The van der Waals surface area contributed by atoms with Crippen molar-refractivity contribution in [2.45, 2.75) is 6.92 Å². The van der Waals surface area contributed by atoms with Crippen LogP contribution in [-0.4, -0.2) is 30.2 Å². The number of carbonyl (C=O) groups is 2. The van der Waals surface area contributed by atoms with Crippen LogP contribution < -0.4 is 14.9 Å². The lowest BCUT2D eigenvalue weighted by Gasteiger charge is -2.05. The highest BCUT2D eigenvalue weighted by molar-refractivity contribution is 5.94. The van der Waals surface area contributed by atoms with Crippen molar-refractivity contribution in [3.05, 3.63) is 89.2 Å². The Balaban J connectivity index is 1.55. The van der Waals surface area contributed by atoms with Crippen molar-refractivity contribution in [2.75, 3.05) is 7.11 Å². The Hall–Kier alpha value is -4.00. The smallest absolute Gasteiger partial charge is 0.343 e. The third kappa shape index (κ3) is 5.49. The van der Waals surface area contributed by atoms with Gasteiger partial charge < -0.3 is 9.47 Å². The fourth-order valence-electron chi connectivity index (χ4n) is 2.35. The third-order valence-electron chi connectivity index (χ3n) is 3.97. The molecule has 0 aliphatic carbocycles. The van der Waals surface area contributed by atoms with Gasteiger partial charge in [0.2, 0.25) is 0 Å². The molecule has 3 aromatic rings. The number of nitrogens with one attached hydrogen (secondary N) is 1. The van der Waals surface area contributed by atoms with Crippen molar-refractivity contribution < 1.29 is 19.1 Å². The molecule has 0 spiro atoms. The average molecular weight is 389 g/mol. The van der Waals surface area contributed by atoms with E-state index in [1.807, 2.05) is 6.92 Å². The fourth-order valence-corrected chi connectivity index (χ4v) is 2.35. The molecule has 0 radical (unpaired) electrons. The van der Waals surface area contributed by atoms with Crippen molar-refractivity contribution in [3.63, 3.8) is 0 Å². The van der Waals surface area contributed by atoms with Gasteiger partial charge in [-0.2, -0.15) is 5.10 Å². The minimum atomic E-state index is -0.465. The van der Waals surface area contributed by atoms with E-state index in [4.69, 9.17) is 9.47 Å². The summed E-state index contributed by atoms with van der Waals surface area (Å²) >= 11 is 0. The summed E-state index contributed by atoms with van der Waals surface area (Å²) in [6.45, 7) is 1.85. The van der Waals surface area contributed by atoms with Crippen molar-refractivity contribution in [2.24, 2.45) is 5.10 Å². The van der Waals surface area contributed by atoms with Gasteiger partial charge in [0.25, 0.3) is 5.91 Å². The molecule has 0 aliphatic heterocycles. The number of aryl methyl sites for hydroxylation is 1. The summed E-state index contributed by atoms with van der Waals surface area (Å²) in [5.41, 5.74) is 4.85. The van der Waals surface area contributed by atoms with Crippen molar-refractivity contribution in [3.8, 4) is 11.5 Å². The standard InChI is InChI=1S/C22H19N3O4/c1-15-3-6-18(14-23-15)21(26)25-24-13-16-4-9-20(10-5-16)29-22(27)17-7-11-19(28-2)12-8-17/h3-14H,1-2H3,(H,25,26)/b24-13-. The summed E-state index contributed by atoms with van der Waals surface area (Å²) in [5, 5.41) is 3.92. The molecule has 7 heteroatoms. The molecular formula is C22H19N3O4. The highest BCUT2D eigenvalue weighted by Gasteiger charge is 2.08. The Bertz CT molecular complexity index is 1010. The third-order valence-corrected chi connectivity index (χ3v) is 3.97. The van der Waals surface area contributed by atoms with Gasteiger partial charge in [0.05, 0.1) is 24.5 Å². The molecule has 3 rings (SSSR count). The van der Waals surface area contributed by atoms with Gasteiger partial charge in [-0.25, -0.2) is 10.2 Å². The molecule has 1 heterocycles. The molecule has 29 heavy (non-hydrogen) atoms. The van der Waals surface area contributed by atoms with Crippen molar-refractivity contribution in [1.82, 2.24) is 10.4 Å². The summed E-state index contributed by atoms with van der Waals surface area (Å²) < 4.78 is 10.4. The molecule has 146 valence electrons. The first-order valence-electron chi connectivity index (χ1n) is 8.77. The molecule has 0 fully saturated rings. The number of esters is 1. The summed E-state index contributed by atoms with van der Waals surface area (Å²) in [6.07, 6.45) is 2.99. The van der Waals surface area contributed by atoms with Crippen molar-refractivity contribution >= 4 is 18.1 Å². The highest BCUT2D eigenvalue weighted by Crippen LogP contribution is 2.16. The van der Waals surface area contributed by atoms with E-state index in [2.05, 4.69) is 15.5 Å². The molecule has 1 amide bonds. The molecule has 1 N–H and O–H groups in total. The predicted octanol–water partition coefficient (Wildman–Crippen LogP) is 3.38. The molecule has 0 atom stereocenters. The Labute approximate surface area is 168 Å². The van der Waals surface area contributed by atoms with Crippen LogP contribution in [0.5, 0.6) is 11.5 Å². The zero-order chi connectivity index (χ0) is 20.6. The second kappa shape index (κ2) is 9.27. The molecule has 0 unspecified atom stereocenters. The fraction of sp³-hybridized carbons (Fsp3) is 0.0909. The SMILES string of the molecule is COc1ccc(C(=O)Oc2ccc(/C=N\NC(=O)c3ccc(C)nc3)cc2)cc1. The topological polar surface area (TPSA) is 89.9 Å². The van der Waals surface area contributed by atoms with E-state index < -0.39 is 5.97 Å². The van der Waals surface area contributed by atoms with Crippen LogP contribution in [0.4, 0.5) is 0 Å². The van der Waals surface area contributed by atoms with Gasteiger partial charge in [-0.1, -0.05) is 0 Å². The summed E-state index contributed by atoms with van der Waals surface area (Å²) in [5.74, 6) is 0.250. The quantitative estimate of drug-likeness (QED) is 0.302. The first kappa shape index (κ1) is 19.8. The Kier molecular flexibility index (Phi) is 6.32. The van der Waals surface area contributed by atoms with Gasteiger partial charge in [-0.05, 0) is 73.2 Å². The molecular weight excluding hydrogens is 370 g/mol. The Morgan fingerprint density at radius 2 is 1.59 bits per heavy atom. The van der Waals surface area contributed by atoms with E-state index in [-0.39, 0.29) is 5.91 Å². The number of benzene rings is 2. The maximum absolute atomic E-state index is 12.2. The minimum absolute atomic E-state index is 0.348. The zero-order valence-electron chi connectivity index (χ0n) is 16.0. The molecule has 0 aliphatic rings. The summed E-state index contributed by atoms with van der Waals surface area (Å²) in [4.78, 5) is 28.2. The number of hydrazone groups is 1. The van der Waals surface area contributed by atoms with Gasteiger partial charge in [-0.3, -0.25) is 9.78 Å². The average Bonchev–Trinajstić information content (AvgIpc) is 2.75. The number of rotatable bonds is 6. The number of hydrogen-bond acceptors (Lipinski definition) is 6. The monoisotopic (exact) mass is 389 g/mol. The molecule has 0 bridgehead atoms. The molecule has 7 nitrogen and oxygen atoms in total. The highest BCUT2D eigenvalue weighted by atomic mass is 16.5. The second-order valence-corrected chi connectivity index (χ2v) is 6.07. The van der Waals surface area contributed by atoms with Crippen molar-refractivity contribution in [1.29, 1.82) is 0 Å². The zero-order valence-corrected chi connectivity index (χ0v) is 16.0. The van der Waals surface area contributed by atoms with Gasteiger partial charge >= 0.3 is 5.97 Å². The van der Waals surface area contributed by atoms with E-state index in [9.17, 15) is 9.59 Å². The number of carbonyl (C=O) groups excluding carboxylic acids is 2. The maximum atomic E-state index is 12.2. The van der Waals surface area contributed by atoms with E-state index in [0.717, 1.165) is 11.3 Å². The summed E-state index contributed by atoms with van der Waals surface area (Å²) in [7, 11) is 1.56. The number of aromatic nitrogens is 1. The second-order valence-electron chi connectivity index (χ2n) is 6.07. The Morgan fingerprint density at radius 1 is 0.931 bits per heavy atom. The van der Waals surface area contributed by atoms with E-state index >= 15 is 0 Å². The summed E-state index contributed by atoms with van der Waals surface area (Å²) in [6, 6.07) is 16.8. The van der Waals surface area contributed by atoms with Crippen LogP contribution in [0.1, 0.15) is 32.0 Å². The number of nitrogens with zero attached hydrogens (tertiary/aromatic N) is 2. The van der Waals surface area contributed by atoms with Crippen LogP contribution in [0.2, 0.25) is 0 Å². The van der Waals surface area contributed by atoms with Crippen LogP contribution >= 0.6 is 0 Å². The lowest BCUT2D eigenvalue weighted by Crippen LogP contribution is -2.17. The molecule has 0 saturated heterocycles. The molecule has 1 aromatic heterocycles. The van der Waals surface area contributed by atoms with Crippen LogP contribution in [-0.2, 0) is 0 Å². The van der Waals surface area contributed by atoms with Gasteiger partial charge in [0.15, 0.2) is 0 Å². The Morgan fingerprint density at radius 3 is 2.21 bits per heavy atom. The minimum Gasteiger partial charge on any atom is -0.497 e. The predicted molar refractivity (Wildman–Crippen MR) is 108 cm³/mol. The maximum Gasteiger partial charge on any atom is 0.343 e. The number of ether oxygens (including phenoxy) is 2. The number of amides is 1. The largest absolute Gasteiger partial charge is 0.497 e. The van der Waals surface area contributed by atoms with E-state index in [0.29, 0.717) is 22.6 Å². The number of hydrogen-bond donors (Lipinski definition) is 1. The number of pyridine rings is 1. The van der Waals surface area contributed by atoms with E-state index in [1.165, 1.54) is 12.4 Å². The first-order chi connectivity index (χ1) is 14.0. The van der Waals surface area contributed by atoms with Gasteiger partial charge in [-0.15, -0.1) is 0 Å². The lowest BCUT2D eigenvalue weighted by atomic mass is 10.2. The van der Waals surface area contributed by atoms with Gasteiger partial charge in [0.1, 0.15) is 11.5 Å². The first-order valence-corrected chi connectivity index (χ1v) is 8.77. The molecule has 0 saturated carbocycles. The lowest BCUT2D eigenvalue weighted by molar-refractivity contribution is 0.0734. The van der Waals surface area contributed by atoms with Crippen LogP contribution in [0, 0.1) is 6.92 Å². The molecule has 2 aromatic carbocycles. The van der Waals surface area contributed by atoms with Crippen LogP contribution in [0.25, 0.3) is 0 Å². The van der Waals surface area contributed by atoms with Crippen LogP contribution in [0.15, 0.2) is 72.0 Å². The number of methoxy groups -OCH3 is 1.